The molecular weight excluding hydrogens is 508 g/mol. The van der Waals surface area contributed by atoms with E-state index in [0.717, 1.165) is 0 Å². The van der Waals surface area contributed by atoms with Crippen LogP contribution in [0.25, 0.3) is 0 Å². The molecule has 0 saturated carbocycles. The molecule has 0 aliphatic heterocycles. The topological polar surface area (TPSA) is 78.1 Å². The van der Waals surface area contributed by atoms with Crippen LogP contribution < -0.4 is 11.2 Å². The van der Waals surface area contributed by atoms with Gasteiger partial charge in [-0.15, -0.1) is 0 Å². The van der Waals surface area contributed by atoms with Gasteiger partial charge >= 0.3 is 41.0 Å². The molecular formula is C11H8Cl3N3O2Pt. The molecule has 0 atom stereocenters. The number of aromatic nitrogens is 2. The molecule has 0 fully saturated rings. The summed E-state index contributed by atoms with van der Waals surface area (Å²) in [4.78, 5) is 30.5. The molecule has 0 aliphatic carbocycles. The Morgan fingerprint density at radius 2 is 1.85 bits per heavy atom. The van der Waals surface area contributed by atoms with Gasteiger partial charge in [0.15, 0.2) is 0 Å². The van der Waals surface area contributed by atoms with Gasteiger partial charge < -0.3 is 4.98 Å². The average Bonchev–Trinajstić information content (AvgIpc) is 2.40. The van der Waals surface area contributed by atoms with Gasteiger partial charge in [0.25, 0.3) is 5.56 Å². The van der Waals surface area contributed by atoms with E-state index in [4.69, 9.17) is 30.4 Å². The minimum atomic E-state index is -0.563. The molecule has 1 heterocycles. The maximum absolute atomic E-state index is 11.3. The van der Waals surface area contributed by atoms with E-state index >= 15 is 0 Å². The Bertz CT molecular complexity index is 700. The number of halogens is 3. The molecule has 0 bridgehead atoms. The minimum absolute atomic E-state index is 0.115. The molecule has 0 saturated heterocycles. The molecule has 0 radical (unpaired) electrons. The third-order valence-electron chi connectivity index (χ3n) is 2.05. The number of benzene rings is 1. The van der Waals surface area contributed by atoms with Crippen LogP contribution in [-0.4, -0.2) is 16.2 Å². The van der Waals surface area contributed by atoms with Gasteiger partial charge in [0.05, 0.1) is 0 Å². The van der Waals surface area contributed by atoms with Crippen molar-refractivity contribution in [1.82, 2.24) is 9.97 Å². The fourth-order valence-corrected chi connectivity index (χ4v) is 1.40. The van der Waals surface area contributed by atoms with Crippen LogP contribution in [0.2, 0.25) is 5.02 Å². The first-order valence-corrected chi connectivity index (χ1v) is 11.0. The molecule has 1 aromatic heterocycles. The van der Waals surface area contributed by atoms with Gasteiger partial charge in [-0.3, -0.25) is 9.78 Å². The van der Waals surface area contributed by atoms with Crippen molar-refractivity contribution in [3.05, 3.63) is 61.9 Å². The van der Waals surface area contributed by atoms with Crippen molar-refractivity contribution in [2.75, 3.05) is 0 Å². The SMILES string of the molecule is O=c1[nH]cc(N=Cc2ccccc2Cl)c(=O)[nH]1.[Cl][Pt][Cl]. The Morgan fingerprint density at radius 3 is 2.45 bits per heavy atom. The Kier molecular flexibility index (Phi) is 7.85. The monoisotopic (exact) mass is 514 g/mol. The van der Waals surface area contributed by atoms with Crippen molar-refractivity contribution < 1.29 is 16.5 Å². The molecule has 0 spiro atoms. The zero-order valence-corrected chi connectivity index (χ0v) is 14.2. The van der Waals surface area contributed by atoms with E-state index < -0.39 is 27.7 Å². The van der Waals surface area contributed by atoms with Gasteiger partial charge in [-0.1, -0.05) is 29.8 Å². The van der Waals surface area contributed by atoms with Crippen LogP contribution in [0.5, 0.6) is 0 Å². The van der Waals surface area contributed by atoms with Crippen LogP contribution >= 0.6 is 30.4 Å². The van der Waals surface area contributed by atoms with Crippen molar-refractivity contribution in [2.24, 2.45) is 4.99 Å². The first-order chi connectivity index (χ1) is 9.58. The summed E-state index contributed by atoms with van der Waals surface area (Å²) in [6, 6.07) is 7.10. The van der Waals surface area contributed by atoms with Gasteiger partial charge in [0, 0.05) is 23.0 Å². The van der Waals surface area contributed by atoms with E-state index in [-0.39, 0.29) is 5.69 Å². The molecule has 1 aromatic carbocycles. The standard InChI is InChI=1S/C11H8ClN3O2.2ClH.Pt/c12-8-4-2-1-3-7(8)5-13-9-6-14-11(17)15-10(9)16;;;/h1-6H,(H2,14,15,16,17);2*1H;/q;;;+2/p-2. The van der Waals surface area contributed by atoms with Crippen LogP contribution in [-0.2, 0) is 16.5 Å². The van der Waals surface area contributed by atoms with Crippen molar-refractivity contribution in [1.29, 1.82) is 0 Å². The first-order valence-electron chi connectivity index (χ1n) is 5.01. The molecule has 20 heavy (non-hydrogen) atoms. The molecule has 2 N–H and O–H groups in total. The van der Waals surface area contributed by atoms with Gasteiger partial charge in [-0.05, 0) is 6.07 Å². The molecule has 0 amide bonds. The predicted octanol–water partition coefficient (Wildman–Crippen LogP) is 2.84. The van der Waals surface area contributed by atoms with Crippen molar-refractivity contribution in [3.63, 3.8) is 0 Å². The number of aromatic amines is 2. The van der Waals surface area contributed by atoms with Crippen LogP contribution in [0.3, 0.4) is 0 Å². The van der Waals surface area contributed by atoms with Gasteiger partial charge in [-0.2, -0.15) is 0 Å². The summed E-state index contributed by atoms with van der Waals surface area (Å²) in [7, 11) is 9.75. The molecule has 2 aromatic rings. The van der Waals surface area contributed by atoms with Crippen LogP contribution in [0, 0.1) is 0 Å². The number of hydrogen-bond acceptors (Lipinski definition) is 3. The summed E-state index contributed by atoms with van der Waals surface area (Å²) >= 11 is 5.45. The second-order valence-electron chi connectivity index (χ2n) is 3.28. The van der Waals surface area contributed by atoms with Crippen LogP contribution in [0.1, 0.15) is 5.56 Å². The molecule has 2 rings (SSSR count). The number of nitrogens with one attached hydrogen (secondary N) is 2. The van der Waals surface area contributed by atoms with E-state index in [1.807, 2.05) is 6.07 Å². The van der Waals surface area contributed by atoms with Crippen LogP contribution in [0.4, 0.5) is 5.69 Å². The molecule has 0 aliphatic rings. The van der Waals surface area contributed by atoms with E-state index in [0.29, 0.717) is 10.6 Å². The van der Waals surface area contributed by atoms with Gasteiger partial charge in [0.1, 0.15) is 5.69 Å². The summed E-state index contributed by atoms with van der Waals surface area (Å²) in [5.74, 6) is 0. The summed E-state index contributed by atoms with van der Waals surface area (Å²) in [6.07, 6.45) is 2.71. The number of hydrogen-bond donors (Lipinski definition) is 2. The fraction of sp³-hybridized carbons (Fsp3) is 0. The second-order valence-corrected chi connectivity index (χ2v) is 6.97. The summed E-state index contributed by atoms with van der Waals surface area (Å²) < 4.78 is 0. The number of aliphatic imine (C=N–C) groups is 1. The van der Waals surface area contributed by atoms with E-state index in [2.05, 4.69) is 15.0 Å². The molecule has 110 valence electrons. The van der Waals surface area contributed by atoms with Gasteiger partial charge in [0.2, 0.25) is 0 Å². The Morgan fingerprint density at radius 1 is 1.20 bits per heavy atom. The fourth-order valence-electron chi connectivity index (χ4n) is 1.22. The summed E-state index contributed by atoms with van der Waals surface area (Å²) in [5, 5.41) is 0.539. The third kappa shape index (κ3) is 5.63. The Labute approximate surface area is 135 Å². The van der Waals surface area contributed by atoms with Crippen LogP contribution in [0.15, 0.2) is 45.0 Å². The van der Waals surface area contributed by atoms with E-state index in [1.165, 1.54) is 12.4 Å². The number of nitrogens with zero attached hydrogens (tertiary/aromatic N) is 1. The van der Waals surface area contributed by atoms with E-state index in [9.17, 15) is 9.59 Å². The van der Waals surface area contributed by atoms with Crippen molar-refractivity contribution in [2.45, 2.75) is 0 Å². The van der Waals surface area contributed by atoms with Crippen molar-refractivity contribution in [3.8, 4) is 0 Å². The zero-order chi connectivity index (χ0) is 15.0. The number of H-pyrrole nitrogens is 2. The summed E-state index contributed by atoms with van der Waals surface area (Å²) in [5.41, 5.74) is -0.298. The maximum atomic E-state index is 11.3. The second kappa shape index (κ2) is 9.14. The quantitative estimate of drug-likeness (QED) is 0.604. The zero-order valence-electron chi connectivity index (χ0n) is 9.68. The molecule has 9 heteroatoms. The normalized spacial score (nSPS) is 10.3. The summed E-state index contributed by atoms with van der Waals surface area (Å²) in [6.45, 7) is 0. The Balaban J connectivity index is 0.000000612. The van der Waals surface area contributed by atoms with Crippen molar-refractivity contribution >= 4 is 42.3 Å². The molecule has 5 nitrogen and oxygen atoms in total. The predicted molar refractivity (Wildman–Crippen MR) is 78.1 cm³/mol. The van der Waals surface area contributed by atoms with Gasteiger partial charge in [-0.25, -0.2) is 9.79 Å². The molecule has 0 unspecified atom stereocenters. The van der Waals surface area contributed by atoms with E-state index in [1.54, 1.807) is 18.2 Å². The number of rotatable bonds is 2. The average molecular weight is 516 g/mol. The Hall–Kier alpha value is -0.872. The first kappa shape index (κ1) is 17.2. The third-order valence-corrected chi connectivity index (χ3v) is 2.39.